The molecule has 0 saturated carbocycles. The van der Waals surface area contributed by atoms with Crippen molar-refractivity contribution < 1.29 is 13.7 Å². The number of nitrogens with zero attached hydrogens (tertiary/aromatic N) is 1. The Morgan fingerprint density at radius 3 is 2.69 bits per heavy atom. The Kier molecular flexibility index (Phi) is 2.52. The van der Waals surface area contributed by atoms with E-state index in [1.165, 1.54) is 19.2 Å². The number of anilines is 1. The van der Waals surface area contributed by atoms with E-state index >= 15 is 0 Å². The zero-order valence-electron chi connectivity index (χ0n) is 8.95. The molecule has 0 bridgehead atoms. The van der Waals surface area contributed by atoms with Crippen LogP contribution in [0.15, 0.2) is 22.7 Å². The fourth-order valence-corrected chi connectivity index (χ4v) is 1.49. The van der Waals surface area contributed by atoms with Crippen molar-refractivity contribution in [3.8, 4) is 17.0 Å². The summed E-state index contributed by atoms with van der Waals surface area (Å²) in [6, 6.07) is 4.42. The number of methoxy groups -OCH3 is 1. The van der Waals surface area contributed by atoms with Gasteiger partial charge >= 0.3 is 0 Å². The van der Waals surface area contributed by atoms with Crippen molar-refractivity contribution in [2.75, 3.05) is 12.8 Å². The molecule has 2 N–H and O–H groups in total. The van der Waals surface area contributed by atoms with Gasteiger partial charge in [-0.2, -0.15) is 0 Å². The molecule has 0 fully saturated rings. The van der Waals surface area contributed by atoms with Crippen molar-refractivity contribution in [1.82, 2.24) is 5.16 Å². The molecule has 84 valence electrons. The lowest BCUT2D eigenvalue weighted by Gasteiger charge is -2.07. The Morgan fingerprint density at radius 1 is 1.38 bits per heavy atom. The smallest absolute Gasteiger partial charge is 0.222 e. The number of halogens is 1. The molecule has 0 spiro atoms. The van der Waals surface area contributed by atoms with Gasteiger partial charge in [-0.3, -0.25) is 0 Å². The molecule has 0 saturated heterocycles. The zero-order valence-corrected chi connectivity index (χ0v) is 8.95. The largest absolute Gasteiger partial charge is 0.496 e. The van der Waals surface area contributed by atoms with E-state index in [-0.39, 0.29) is 11.7 Å². The molecule has 4 nitrogen and oxygen atoms in total. The normalized spacial score (nSPS) is 10.4. The van der Waals surface area contributed by atoms with Gasteiger partial charge in [0.25, 0.3) is 0 Å². The van der Waals surface area contributed by atoms with Gasteiger partial charge in [0.15, 0.2) is 0 Å². The fraction of sp³-hybridized carbons (Fsp3) is 0.182. The summed E-state index contributed by atoms with van der Waals surface area (Å²) >= 11 is 0. The van der Waals surface area contributed by atoms with E-state index in [0.717, 1.165) is 5.56 Å². The van der Waals surface area contributed by atoms with Crippen LogP contribution in [0.25, 0.3) is 11.3 Å². The van der Waals surface area contributed by atoms with Crippen LogP contribution in [0.2, 0.25) is 0 Å². The number of benzene rings is 1. The Labute approximate surface area is 91.8 Å². The third kappa shape index (κ3) is 1.71. The number of ether oxygens (including phenoxy) is 1. The summed E-state index contributed by atoms with van der Waals surface area (Å²) in [6.45, 7) is 1.77. The Hall–Kier alpha value is -2.04. The summed E-state index contributed by atoms with van der Waals surface area (Å²) < 4.78 is 23.5. The predicted molar refractivity (Wildman–Crippen MR) is 57.6 cm³/mol. The minimum Gasteiger partial charge on any atom is -0.496 e. The molecular formula is C11H11FN2O2. The average molecular weight is 222 g/mol. The maximum absolute atomic E-state index is 13.7. The average Bonchev–Trinajstić information content (AvgIpc) is 2.65. The van der Waals surface area contributed by atoms with Crippen LogP contribution in [0, 0.1) is 12.7 Å². The van der Waals surface area contributed by atoms with E-state index in [9.17, 15) is 4.39 Å². The van der Waals surface area contributed by atoms with Gasteiger partial charge < -0.3 is 15.0 Å². The van der Waals surface area contributed by atoms with E-state index in [0.29, 0.717) is 17.0 Å². The second-order valence-corrected chi connectivity index (χ2v) is 3.42. The highest BCUT2D eigenvalue weighted by molar-refractivity contribution is 5.64. The molecule has 2 rings (SSSR count). The lowest BCUT2D eigenvalue weighted by Crippen LogP contribution is -1.92. The highest BCUT2D eigenvalue weighted by atomic mass is 19.1. The maximum atomic E-state index is 13.7. The number of hydrogen-bond acceptors (Lipinski definition) is 4. The maximum Gasteiger partial charge on any atom is 0.222 e. The summed E-state index contributed by atoms with van der Waals surface area (Å²) in [5.41, 5.74) is 6.77. The molecule has 1 aromatic carbocycles. The minimum absolute atomic E-state index is 0.147. The first-order valence-corrected chi connectivity index (χ1v) is 4.68. The molecule has 2 aromatic rings. The quantitative estimate of drug-likeness (QED) is 0.847. The first-order chi connectivity index (χ1) is 7.61. The van der Waals surface area contributed by atoms with E-state index in [1.54, 1.807) is 13.0 Å². The second kappa shape index (κ2) is 3.84. The van der Waals surface area contributed by atoms with Gasteiger partial charge in [0.1, 0.15) is 17.3 Å². The van der Waals surface area contributed by atoms with Gasteiger partial charge in [-0.1, -0.05) is 5.16 Å². The highest BCUT2D eigenvalue weighted by Gasteiger charge is 2.13. The number of rotatable bonds is 2. The van der Waals surface area contributed by atoms with E-state index in [4.69, 9.17) is 15.0 Å². The van der Waals surface area contributed by atoms with E-state index in [1.807, 2.05) is 0 Å². The van der Waals surface area contributed by atoms with Crippen LogP contribution in [0.4, 0.5) is 10.3 Å². The molecule has 0 aliphatic rings. The summed E-state index contributed by atoms with van der Waals surface area (Å²) in [6.07, 6.45) is 0. The monoisotopic (exact) mass is 222 g/mol. The lowest BCUT2D eigenvalue weighted by atomic mass is 10.1. The molecule has 0 aliphatic carbocycles. The van der Waals surface area contributed by atoms with Crippen molar-refractivity contribution in [2.24, 2.45) is 0 Å². The molecule has 0 atom stereocenters. The summed E-state index contributed by atoms with van der Waals surface area (Å²) in [4.78, 5) is 0. The molecule has 0 unspecified atom stereocenters. The molecule has 5 heteroatoms. The lowest BCUT2D eigenvalue weighted by molar-refractivity contribution is 0.410. The van der Waals surface area contributed by atoms with E-state index in [2.05, 4.69) is 5.16 Å². The van der Waals surface area contributed by atoms with Crippen LogP contribution in [-0.2, 0) is 0 Å². The third-order valence-corrected chi connectivity index (χ3v) is 2.29. The van der Waals surface area contributed by atoms with Crippen molar-refractivity contribution in [2.45, 2.75) is 6.92 Å². The number of aryl methyl sites for hydroxylation is 1. The van der Waals surface area contributed by atoms with Crippen LogP contribution in [0.5, 0.6) is 5.75 Å². The van der Waals surface area contributed by atoms with Gasteiger partial charge in [0.05, 0.1) is 7.11 Å². The number of aromatic nitrogens is 1. The molecular weight excluding hydrogens is 211 g/mol. The van der Waals surface area contributed by atoms with Crippen molar-refractivity contribution in [3.05, 3.63) is 29.6 Å². The molecule has 0 radical (unpaired) electrons. The molecule has 1 heterocycles. The van der Waals surface area contributed by atoms with Gasteiger partial charge in [-0.05, 0) is 24.6 Å². The van der Waals surface area contributed by atoms with Crippen molar-refractivity contribution in [1.29, 1.82) is 0 Å². The van der Waals surface area contributed by atoms with Crippen LogP contribution in [-0.4, -0.2) is 12.3 Å². The number of nitrogens with two attached hydrogens (primary N) is 1. The predicted octanol–water partition coefficient (Wildman–Crippen LogP) is 2.38. The molecule has 1 aromatic heterocycles. The third-order valence-electron chi connectivity index (χ3n) is 2.29. The van der Waals surface area contributed by atoms with Crippen molar-refractivity contribution in [3.63, 3.8) is 0 Å². The summed E-state index contributed by atoms with van der Waals surface area (Å²) in [7, 11) is 1.53. The van der Waals surface area contributed by atoms with E-state index < -0.39 is 0 Å². The van der Waals surface area contributed by atoms with Gasteiger partial charge in [-0.15, -0.1) is 0 Å². The van der Waals surface area contributed by atoms with Crippen LogP contribution in [0.1, 0.15) is 5.56 Å². The topological polar surface area (TPSA) is 61.3 Å². The van der Waals surface area contributed by atoms with Gasteiger partial charge in [0.2, 0.25) is 5.88 Å². The van der Waals surface area contributed by atoms with Crippen molar-refractivity contribution >= 4 is 5.88 Å². The highest BCUT2D eigenvalue weighted by Crippen LogP contribution is 2.29. The standard InChI is InChI=1S/C11H11FN2O2/c1-6-3-8(12)7(4-10(6)15-2)9-5-11(13)16-14-9/h3-5H,13H2,1-2H3. The van der Waals surface area contributed by atoms with Gasteiger partial charge in [0, 0.05) is 11.6 Å². The first kappa shape index (κ1) is 10.5. The summed E-state index contributed by atoms with van der Waals surface area (Å²) in [5, 5.41) is 3.66. The minimum atomic E-state index is -0.383. The Balaban J connectivity index is 2.56. The fourth-order valence-electron chi connectivity index (χ4n) is 1.49. The molecule has 16 heavy (non-hydrogen) atoms. The van der Waals surface area contributed by atoms with Crippen LogP contribution >= 0.6 is 0 Å². The SMILES string of the molecule is COc1cc(-c2cc(N)on2)c(F)cc1C. The molecule has 0 aliphatic heterocycles. The zero-order chi connectivity index (χ0) is 11.7. The second-order valence-electron chi connectivity index (χ2n) is 3.42. The van der Waals surface area contributed by atoms with Crippen LogP contribution in [0.3, 0.4) is 0 Å². The summed E-state index contributed by atoms with van der Waals surface area (Å²) in [5.74, 6) is 0.360. The molecule has 0 amide bonds. The number of hydrogen-bond donors (Lipinski definition) is 1. The Morgan fingerprint density at radius 2 is 2.12 bits per heavy atom. The first-order valence-electron chi connectivity index (χ1n) is 4.68. The Bertz CT molecular complexity index is 523. The number of nitrogen functional groups attached to an aromatic ring is 1. The van der Waals surface area contributed by atoms with Crippen LogP contribution < -0.4 is 10.5 Å². The van der Waals surface area contributed by atoms with Gasteiger partial charge in [-0.25, -0.2) is 4.39 Å².